The molecule has 0 aromatic heterocycles. The first kappa shape index (κ1) is 19.3. The first-order valence-corrected chi connectivity index (χ1v) is 9.23. The lowest BCUT2D eigenvalue weighted by molar-refractivity contribution is -0.126. The van der Waals surface area contributed by atoms with Crippen molar-refractivity contribution in [1.82, 2.24) is 10.2 Å². The number of carbonyl (C=O) groups is 1. The fourth-order valence-corrected chi connectivity index (χ4v) is 3.32. The van der Waals surface area contributed by atoms with Gasteiger partial charge < -0.3 is 10.1 Å². The molecule has 1 heterocycles. The number of amides is 1. The summed E-state index contributed by atoms with van der Waals surface area (Å²) in [7, 11) is 0. The molecule has 0 saturated carbocycles. The monoisotopic (exact) mass is 374 g/mol. The Morgan fingerprint density at radius 3 is 2.74 bits per heavy atom. The molecule has 6 heteroatoms. The summed E-state index contributed by atoms with van der Waals surface area (Å²) in [5.41, 5.74) is 0.920. The van der Waals surface area contributed by atoms with Crippen LogP contribution in [0.2, 0.25) is 0 Å². The van der Waals surface area contributed by atoms with E-state index in [-0.39, 0.29) is 23.5 Å². The minimum Gasteiger partial charge on any atom is -0.492 e. The van der Waals surface area contributed by atoms with Crippen molar-refractivity contribution in [3.8, 4) is 5.75 Å². The summed E-state index contributed by atoms with van der Waals surface area (Å²) < 4.78 is 31.7. The maximum atomic E-state index is 13.3. The number of likely N-dealkylation sites (tertiary alicyclic amines) is 1. The van der Waals surface area contributed by atoms with Crippen molar-refractivity contribution in [1.29, 1.82) is 0 Å². The molecular formula is C21H24F2N2O2. The van der Waals surface area contributed by atoms with E-state index >= 15 is 0 Å². The summed E-state index contributed by atoms with van der Waals surface area (Å²) in [5, 5.41) is 2.90. The molecule has 4 nitrogen and oxygen atoms in total. The van der Waals surface area contributed by atoms with E-state index in [1.165, 1.54) is 24.3 Å². The van der Waals surface area contributed by atoms with Crippen LogP contribution in [0.5, 0.6) is 5.75 Å². The van der Waals surface area contributed by atoms with Crippen molar-refractivity contribution in [3.63, 3.8) is 0 Å². The van der Waals surface area contributed by atoms with Crippen LogP contribution >= 0.6 is 0 Å². The van der Waals surface area contributed by atoms with E-state index in [0.717, 1.165) is 24.9 Å². The average Bonchev–Trinajstić information content (AvgIpc) is 2.67. The number of piperidine rings is 1. The van der Waals surface area contributed by atoms with Crippen molar-refractivity contribution < 1.29 is 18.3 Å². The van der Waals surface area contributed by atoms with Gasteiger partial charge in [-0.25, -0.2) is 8.78 Å². The van der Waals surface area contributed by atoms with Gasteiger partial charge in [0.2, 0.25) is 5.91 Å². The number of hydrogen-bond acceptors (Lipinski definition) is 3. The Kier molecular flexibility index (Phi) is 6.76. The molecule has 1 atom stereocenters. The van der Waals surface area contributed by atoms with Gasteiger partial charge in [-0.2, -0.15) is 0 Å². The summed E-state index contributed by atoms with van der Waals surface area (Å²) in [6.07, 6.45) is 1.80. The van der Waals surface area contributed by atoms with Crippen LogP contribution in [0, 0.1) is 17.6 Å². The van der Waals surface area contributed by atoms with E-state index in [1.54, 1.807) is 18.2 Å². The van der Waals surface area contributed by atoms with Crippen molar-refractivity contribution >= 4 is 5.91 Å². The number of rotatable bonds is 7. The summed E-state index contributed by atoms with van der Waals surface area (Å²) in [4.78, 5) is 14.6. The number of nitrogens with one attached hydrogen (secondary N) is 1. The molecule has 0 spiro atoms. The Bertz CT molecular complexity index is 752. The molecule has 144 valence electrons. The molecule has 1 unspecified atom stereocenters. The van der Waals surface area contributed by atoms with E-state index in [9.17, 15) is 13.6 Å². The van der Waals surface area contributed by atoms with Crippen molar-refractivity contribution in [2.45, 2.75) is 19.4 Å². The van der Waals surface area contributed by atoms with Gasteiger partial charge in [0.15, 0.2) is 0 Å². The fourth-order valence-electron chi connectivity index (χ4n) is 3.32. The second-order valence-corrected chi connectivity index (χ2v) is 6.80. The minimum atomic E-state index is -0.309. The second-order valence-electron chi connectivity index (χ2n) is 6.80. The minimum absolute atomic E-state index is 0.0154. The van der Waals surface area contributed by atoms with Gasteiger partial charge in [-0.1, -0.05) is 12.1 Å². The molecule has 2 aromatic carbocycles. The fraction of sp³-hybridized carbons (Fsp3) is 0.381. The van der Waals surface area contributed by atoms with Crippen LogP contribution in [-0.2, 0) is 11.3 Å². The van der Waals surface area contributed by atoms with Crippen LogP contribution in [0.1, 0.15) is 18.4 Å². The van der Waals surface area contributed by atoms with Crippen molar-refractivity contribution in [2.75, 3.05) is 26.2 Å². The number of halogens is 2. The lowest BCUT2D eigenvalue weighted by Crippen LogP contribution is -2.43. The third kappa shape index (κ3) is 6.03. The van der Waals surface area contributed by atoms with Gasteiger partial charge in [0.25, 0.3) is 0 Å². The molecule has 1 aliphatic heterocycles. The third-order valence-electron chi connectivity index (χ3n) is 4.66. The largest absolute Gasteiger partial charge is 0.492 e. The maximum absolute atomic E-state index is 13.3. The molecule has 3 rings (SSSR count). The zero-order chi connectivity index (χ0) is 19.1. The van der Waals surface area contributed by atoms with Crippen LogP contribution < -0.4 is 10.1 Å². The lowest BCUT2D eigenvalue weighted by atomic mass is 9.96. The predicted molar refractivity (Wildman–Crippen MR) is 99.3 cm³/mol. The highest BCUT2D eigenvalue weighted by Gasteiger charge is 2.25. The van der Waals surface area contributed by atoms with Gasteiger partial charge in [-0.3, -0.25) is 9.69 Å². The summed E-state index contributed by atoms with van der Waals surface area (Å²) in [5.74, 6) is -0.0277. The smallest absolute Gasteiger partial charge is 0.224 e. The number of carbonyl (C=O) groups excluding carboxylic acids is 1. The predicted octanol–water partition coefficient (Wildman–Crippen LogP) is 3.37. The van der Waals surface area contributed by atoms with Gasteiger partial charge in [-0.05, 0) is 61.3 Å². The van der Waals surface area contributed by atoms with E-state index < -0.39 is 0 Å². The Morgan fingerprint density at radius 1 is 1.15 bits per heavy atom. The third-order valence-corrected chi connectivity index (χ3v) is 4.66. The normalized spacial score (nSPS) is 17.5. The molecule has 2 aromatic rings. The van der Waals surface area contributed by atoms with Gasteiger partial charge >= 0.3 is 0 Å². The summed E-state index contributed by atoms with van der Waals surface area (Å²) in [6, 6.07) is 12.4. The zero-order valence-electron chi connectivity index (χ0n) is 15.2. The first-order valence-electron chi connectivity index (χ1n) is 9.23. The SMILES string of the molecule is O=C(NCCOc1ccc(F)cc1)C1CCCN(Cc2cccc(F)c2)C1. The van der Waals surface area contributed by atoms with Gasteiger partial charge in [0.05, 0.1) is 12.5 Å². The molecule has 0 bridgehead atoms. The molecular weight excluding hydrogens is 350 g/mol. The molecule has 1 amide bonds. The molecule has 1 aliphatic rings. The Balaban J connectivity index is 1.40. The van der Waals surface area contributed by atoms with Gasteiger partial charge in [-0.15, -0.1) is 0 Å². The van der Waals surface area contributed by atoms with Crippen LogP contribution in [0.3, 0.4) is 0 Å². The molecule has 1 saturated heterocycles. The first-order chi connectivity index (χ1) is 13.1. The Hall–Kier alpha value is -2.47. The lowest BCUT2D eigenvalue weighted by Gasteiger charge is -2.32. The number of benzene rings is 2. The van der Waals surface area contributed by atoms with Crippen LogP contribution in [0.15, 0.2) is 48.5 Å². The molecule has 0 radical (unpaired) electrons. The van der Waals surface area contributed by atoms with Crippen LogP contribution in [-0.4, -0.2) is 37.0 Å². The number of ether oxygens (including phenoxy) is 1. The second kappa shape index (κ2) is 9.46. The topological polar surface area (TPSA) is 41.6 Å². The maximum Gasteiger partial charge on any atom is 0.224 e. The Labute approximate surface area is 158 Å². The highest BCUT2D eigenvalue weighted by atomic mass is 19.1. The van der Waals surface area contributed by atoms with E-state index in [0.29, 0.717) is 32.0 Å². The highest BCUT2D eigenvalue weighted by molar-refractivity contribution is 5.78. The summed E-state index contributed by atoms with van der Waals surface area (Å²) in [6.45, 7) is 2.96. The Morgan fingerprint density at radius 2 is 1.96 bits per heavy atom. The van der Waals surface area contributed by atoms with Crippen molar-refractivity contribution in [2.24, 2.45) is 5.92 Å². The van der Waals surface area contributed by atoms with E-state index in [2.05, 4.69) is 10.2 Å². The average molecular weight is 374 g/mol. The highest BCUT2D eigenvalue weighted by Crippen LogP contribution is 2.19. The number of hydrogen-bond donors (Lipinski definition) is 1. The van der Waals surface area contributed by atoms with Crippen molar-refractivity contribution in [3.05, 3.63) is 65.7 Å². The van der Waals surface area contributed by atoms with Crippen LogP contribution in [0.4, 0.5) is 8.78 Å². The summed E-state index contributed by atoms with van der Waals surface area (Å²) >= 11 is 0. The van der Waals surface area contributed by atoms with E-state index in [1.807, 2.05) is 6.07 Å². The zero-order valence-corrected chi connectivity index (χ0v) is 15.2. The van der Waals surface area contributed by atoms with Gasteiger partial charge in [0, 0.05) is 13.1 Å². The molecule has 27 heavy (non-hydrogen) atoms. The van der Waals surface area contributed by atoms with E-state index in [4.69, 9.17) is 4.74 Å². The standard InChI is InChI=1S/C21H24F2N2O2/c22-18-6-8-20(9-7-18)27-12-10-24-21(26)17-4-2-11-25(15-17)14-16-3-1-5-19(23)13-16/h1,3,5-9,13,17H,2,4,10-12,14-15H2,(H,24,26). The number of nitrogens with zero attached hydrogens (tertiary/aromatic N) is 1. The van der Waals surface area contributed by atoms with Gasteiger partial charge in [0.1, 0.15) is 24.0 Å². The quantitative estimate of drug-likeness (QED) is 0.756. The molecule has 1 N–H and O–H groups in total. The van der Waals surface area contributed by atoms with Crippen LogP contribution in [0.25, 0.3) is 0 Å². The molecule has 0 aliphatic carbocycles. The molecule has 1 fully saturated rings.